The van der Waals surface area contributed by atoms with Gasteiger partial charge in [-0.2, -0.15) is 0 Å². The molecule has 1 fully saturated rings. The SMILES string of the molecule is Fc1ccc(-c2nnc3n2C[C@@H]2CC[C@H]3N2)cc1. The maximum absolute atomic E-state index is 12.9. The Hall–Kier alpha value is -1.75. The van der Waals surface area contributed by atoms with Crippen LogP contribution in [0.4, 0.5) is 4.39 Å². The summed E-state index contributed by atoms with van der Waals surface area (Å²) in [6.07, 6.45) is 2.32. The zero-order chi connectivity index (χ0) is 12.1. The van der Waals surface area contributed by atoms with Crippen LogP contribution in [0.2, 0.25) is 0 Å². The molecular formula is C13H13FN4. The van der Waals surface area contributed by atoms with E-state index in [0.717, 1.165) is 30.2 Å². The third-order valence-electron chi connectivity index (χ3n) is 3.84. The third-order valence-corrected chi connectivity index (χ3v) is 3.84. The first kappa shape index (κ1) is 10.2. The summed E-state index contributed by atoms with van der Waals surface area (Å²) >= 11 is 0. The molecule has 0 unspecified atom stereocenters. The van der Waals surface area contributed by atoms with Gasteiger partial charge in [0.15, 0.2) is 11.6 Å². The molecule has 2 bridgehead atoms. The molecule has 0 aliphatic carbocycles. The van der Waals surface area contributed by atoms with Crippen molar-refractivity contribution in [2.24, 2.45) is 0 Å². The molecule has 4 rings (SSSR count). The Bertz CT molecular complexity index is 590. The van der Waals surface area contributed by atoms with E-state index in [2.05, 4.69) is 20.1 Å². The van der Waals surface area contributed by atoms with E-state index >= 15 is 0 Å². The van der Waals surface area contributed by atoms with Gasteiger partial charge >= 0.3 is 0 Å². The minimum atomic E-state index is -0.223. The van der Waals surface area contributed by atoms with Crippen molar-refractivity contribution >= 4 is 0 Å². The summed E-state index contributed by atoms with van der Waals surface area (Å²) in [4.78, 5) is 0. The van der Waals surface area contributed by atoms with Gasteiger partial charge in [0, 0.05) is 18.2 Å². The lowest BCUT2D eigenvalue weighted by atomic mass is 10.2. The molecule has 2 aliphatic rings. The number of hydrogen-bond acceptors (Lipinski definition) is 3. The van der Waals surface area contributed by atoms with Gasteiger partial charge in [-0.3, -0.25) is 0 Å². The van der Waals surface area contributed by atoms with Gasteiger partial charge in [-0.25, -0.2) is 4.39 Å². The van der Waals surface area contributed by atoms with Gasteiger partial charge in [0.05, 0.1) is 6.04 Å². The minimum absolute atomic E-state index is 0.223. The van der Waals surface area contributed by atoms with Crippen molar-refractivity contribution in [3.8, 4) is 11.4 Å². The minimum Gasteiger partial charge on any atom is -0.308 e. The molecule has 0 radical (unpaired) electrons. The van der Waals surface area contributed by atoms with Crippen LogP contribution in [0.5, 0.6) is 0 Å². The van der Waals surface area contributed by atoms with Crippen molar-refractivity contribution < 1.29 is 4.39 Å². The van der Waals surface area contributed by atoms with E-state index in [1.807, 2.05) is 0 Å². The molecule has 2 aromatic rings. The fourth-order valence-electron chi connectivity index (χ4n) is 2.95. The molecule has 3 heterocycles. The maximum Gasteiger partial charge on any atom is 0.164 e. The fourth-order valence-corrected chi connectivity index (χ4v) is 2.95. The normalized spacial score (nSPS) is 25.2. The van der Waals surface area contributed by atoms with Gasteiger partial charge in [-0.05, 0) is 37.1 Å². The largest absolute Gasteiger partial charge is 0.308 e. The maximum atomic E-state index is 12.9. The molecule has 4 nitrogen and oxygen atoms in total. The van der Waals surface area contributed by atoms with Crippen molar-refractivity contribution in [2.75, 3.05) is 0 Å². The van der Waals surface area contributed by atoms with E-state index in [-0.39, 0.29) is 5.82 Å². The molecular weight excluding hydrogens is 231 g/mol. The van der Waals surface area contributed by atoms with Crippen molar-refractivity contribution in [1.29, 1.82) is 0 Å². The first-order valence-electron chi connectivity index (χ1n) is 6.26. The van der Waals surface area contributed by atoms with Gasteiger partial charge in [-0.15, -0.1) is 10.2 Å². The predicted octanol–water partition coefficient (Wildman–Crippen LogP) is 1.89. The molecule has 1 N–H and O–H groups in total. The summed E-state index contributed by atoms with van der Waals surface area (Å²) in [7, 11) is 0. The van der Waals surface area contributed by atoms with E-state index in [1.165, 1.54) is 18.6 Å². The van der Waals surface area contributed by atoms with E-state index in [0.29, 0.717) is 12.1 Å². The zero-order valence-electron chi connectivity index (χ0n) is 9.81. The third kappa shape index (κ3) is 1.40. The number of nitrogens with one attached hydrogen (secondary N) is 1. The van der Waals surface area contributed by atoms with Gasteiger partial charge in [0.25, 0.3) is 0 Å². The smallest absolute Gasteiger partial charge is 0.164 e. The lowest BCUT2D eigenvalue weighted by Gasteiger charge is -2.23. The van der Waals surface area contributed by atoms with Crippen LogP contribution in [0.25, 0.3) is 11.4 Å². The van der Waals surface area contributed by atoms with Crippen LogP contribution >= 0.6 is 0 Å². The van der Waals surface area contributed by atoms with Crippen molar-refractivity contribution in [2.45, 2.75) is 31.5 Å². The van der Waals surface area contributed by atoms with Crippen LogP contribution in [-0.2, 0) is 6.54 Å². The number of fused-ring (bicyclic) bond motifs is 4. The van der Waals surface area contributed by atoms with Crippen molar-refractivity contribution in [1.82, 2.24) is 20.1 Å². The number of nitrogens with zero attached hydrogens (tertiary/aromatic N) is 3. The fraction of sp³-hybridized carbons (Fsp3) is 0.385. The van der Waals surface area contributed by atoms with E-state index < -0.39 is 0 Å². The van der Waals surface area contributed by atoms with E-state index in [1.54, 1.807) is 12.1 Å². The molecule has 0 amide bonds. The number of halogens is 1. The molecule has 0 spiro atoms. The summed E-state index contributed by atoms with van der Waals surface area (Å²) in [6, 6.07) is 7.31. The van der Waals surface area contributed by atoms with Gasteiger partial charge in [0.2, 0.25) is 0 Å². The summed E-state index contributed by atoms with van der Waals surface area (Å²) in [5.41, 5.74) is 0.927. The molecule has 0 saturated carbocycles. The Balaban J connectivity index is 1.81. The number of aromatic nitrogens is 3. The molecule has 18 heavy (non-hydrogen) atoms. The Morgan fingerprint density at radius 1 is 1.17 bits per heavy atom. The molecule has 1 aromatic carbocycles. The lowest BCUT2D eigenvalue weighted by Crippen LogP contribution is -2.35. The Morgan fingerprint density at radius 2 is 2.00 bits per heavy atom. The van der Waals surface area contributed by atoms with E-state index in [9.17, 15) is 4.39 Å². The Kier molecular flexibility index (Phi) is 2.05. The van der Waals surface area contributed by atoms with Crippen molar-refractivity contribution in [3.63, 3.8) is 0 Å². The molecule has 2 aliphatic heterocycles. The van der Waals surface area contributed by atoms with Crippen LogP contribution in [-0.4, -0.2) is 20.8 Å². The first-order chi connectivity index (χ1) is 8.81. The van der Waals surface area contributed by atoms with Gasteiger partial charge in [0.1, 0.15) is 5.82 Å². The molecule has 5 heteroatoms. The van der Waals surface area contributed by atoms with Crippen LogP contribution in [0, 0.1) is 5.82 Å². The molecule has 2 atom stereocenters. The highest BCUT2D eigenvalue weighted by Crippen LogP contribution is 2.33. The highest BCUT2D eigenvalue weighted by molar-refractivity contribution is 5.55. The second kappa shape index (κ2) is 3.62. The van der Waals surface area contributed by atoms with Crippen LogP contribution in [0.1, 0.15) is 24.7 Å². The number of hydrogen-bond donors (Lipinski definition) is 1. The average molecular weight is 244 g/mol. The highest BCUT2D eigenvalue weighted by atomic mass is 19.1. The molecule has 1 aromatic heterocycles. The van der Waals surface area contributed by atoms with Gasteiger partial charge in [-0.1, -0.05) is 0 Å². The van der Waals surface area contributed by atoms with Crippen LogP contribution in [0.3, 0.4) is 0 Å². The Labute approximate surface area is 104 Å². The Morgan fingerprint density at radius 3 is 2.83 bits per heavy atom. The topological polar surface area (TPSA) is 42.7 Å². The summed E-state index contributed by atoms with van der Waals surface area (Å²) in [5, 5.41) is 12.1. The first-order valence-corrected chi connectivity index (χ1v) is 6.26. The monoisotopic (exact) mass is 244 g/mol. The second-order valence-corrected chi connectivity index (χ2v) is 4.99. The second-order valence-electron chi connectivity index (χ2n) is 4.99. The van der Waals surface area contributed by atoms with E-state index in [4.69, 9.17) is 0 Å². The zero-order valence-corrected chi connectivity index (χ0v) is 9.81. The standard InChI is InChI=1S/C13H13FN4/c14-9-3-1-8(2-4-9)12-16-17-13-11-6-5-10(15-11)7-18(12)13/h1-4,10-11,15H,5-7H2/t10-,11+/m0/s1. The summed E-state index contributed by atoms with van der Waals surface area (Å²) in [6.45, 7) is 0.908. The number of rotatable bonds is 1. The quantitative estimate of drug-likeness (QED) is 0.833. The summed E-state index contributed by atoms with van der Waals surface area (Å²) in [5.74, 6) is 1.64. The lowest BCUT2D eigenvalue weighted by molar-refractivity contribution is 0.412. The molecule has 92 valence electrons. The van der Waals surface area contributed by atoms with Crippen molar-refractivity contribution in [3.05, 3.63) is 35.9 Å². The highest BCUT2D eigenvalue weighted by Gasteiger charge is 2.35. The van der Waals surface area contributed by atoms with Gasteiger partial charge < -0.3 is 9.88 Å². The predicted molar refractivity (Wildman–Crippen MR) is 64.3 cm³/mol. The van der Waals surface area contributed by atoms with Crippen LogP contribution in [0.15, 0.2) is 24.3 Å². The number of benzene rings is 1. The summed E-state index contributed by atoms with van der Waals surface area (Å²) < 4.78 is 15.1. The molecule has 1 saturated heterocycles. The average Bonchev–Trinajstić information content (AvgIpc) is 2.97. The van der Waals surface area contributed by atoms with Crippen LogP contribution < -0.4 is 5.32 Å².